The summed E-state index contributed by atoms with van der Waals surface area (Å²) in [5, 5.41) is 101. The topological polar surface area (TPSA) is 363 Å². The van der Waals surface area contributed by atoms with Gasteiger partial charge in [0.05, 0.1) is 52.7 Å². The van der Waals surface area contributed by atoms with Crippen molar-refractivity contribution in [3.8, 4) is 0 Å². The van der Waals surface area contributed by atoms with Crippen LogP contribution in [-0.4, -0.2) is 195 Å². The van der Waals surface area contributed by atoms with Gasteiger partial charge in [-0.05, 0) is 24.7 Å². The Hall–Kier alpha value is -3.42. The molecule has 22 nitrogen and oxygen atoms in total. The first kappa shape index (κ1) is 52.6. The largest absolute Gasteiger partial charge is 0.394 e. The average molecular weight is 843 g/mol. The third-order valence-electron chi connectivity index (χ3n) is 8.50. The second-order valence-corrected chi connectivity index (χ2v) is 15.0. The van der Waals surface area contributed by atoms with E-state index < -0.39 is 137 Å². The highest BCUT2D eigenvalue weighted by Gasteiger charge is 2.33. The number of methoxy groups -OCH3 is 1. The number of Topliss-reactive ketones (excluding diaryl/α,β-unsaturated/α-hetero) is 1. The van der Waals surface area contributed by atoms with Gasteiger partial charge in [-0.25, -0.2) is 0 Å². The molecule has 0 bridgehead atoms. The highest BCUT2D eigenvalue weighted by molar-refractivity contribution is 5.93. The van der Waals surface area contributed by atoms with Gasteiger partial charge in [-0.3, -0.25) is 28.8 Å². The molecule has 0 saturated carbocycles. The Bertz CT molecular complexity index is 1280. The van der Waals surface area contributed by atoms with E-state index in [1.54, 1.807) is 0 Å². The molecule has 0 radical (unpaired) electrons. The van der Waals surface area contributed by atoms with E-state index >= 15 is 0 Å². The molecule has 0 aromatic rings. The molecular weight excluding hydrogens is 774 g/mol. The number of nitrogens with one attached hydrogen (secondary N) is 5. The number of aliphatic hydroxyl groups is 9. The summed E-state index contributed by atoms with van der Waals surface area (Å²) in [7, 11) is -0.644. The number of ketones is 1. The zero-order valence-corrected chi connectivity index (χ0v) is 33.7. The van der Waals surface area contributed by atoms with Crippen LogP contribution in [0.4, 0.5) is 0 Å². The molecule has 5 amide bonds. The Morgan fingerprint density at radius 1 is 0.655 bits per heavy atom. The molecule has 2 unspecified atom stereocenters. The predicted molar refractivity (Wildman–Crippen MR) is 203 cm³/mol. The van der Waals surface area contributed by atoms with Gasteiger partial charge in [-0.2, -0.15) is 0 Å². The summed E-state index contributed by atoms with van der Waals surface area (Å²) in [4.78, 5) is 76.3. The minimum absolute atomic E-state index is 0.0319. The SMILES string of the molecule is [2H]COCC(NC(=O)CNC(=O)CCNC(=O)CCOCC(C)(C)C)C(=O)NC(CCC(=O)CC[C@H](O)[C@@H](O)[C@@H](O)[C@H](O)CC)C(=O)NC[C@H](O)[C@@H](O)[C@@H](O)[C@H](O)CO. The highest BCUT2D eigenvalue weighted by Crippen LogP contribution is 2.14. The van der Waals surface area contributed by atoms with Crippen LogP contribution in [0, 0.1) is 5.41 Å². The molecule has 0 rings (SSSR count). The fraction of sp³-hybridized carbons (Fsp3) is 0.833. The number of aliphatic hydroxyl groups excluding tert-OH is 9. The molecule has 0 aliphatic rings. The fourth-order valence-electron chi connectivity index (χ4n) is 4.92. The van der Waals surface area contributed by atoms with Crippen LogP contribution in [0.2, 0.25) is 0 Å². The Kier molecular flexibility index (Phi) is 26.2. The molecular formula is C36H67N5O17. The van der Waals surface area contributed by atoms with E-state index in [1.165, 1.54) is 6.92 Å². The van der Waals surface area contributed by atoms with Crippen molar-refractivity contribution < 1.29 is 85.6 Å². The molecule has 58 heavy (non-hydrogen) atoms. The normalized spacial score (nSPS) is 17.2. The molecule has 0 aromatic heterocycles. The van der Waals surface area contributed by atoms with Crippen LogP contribution >= 0.6 is 0 Å². The first-order valence-electron chi connectivity index (χ1n) is 19.7. The van der Waals surface area contributed by atoms with E-state index in [0.717, 1.165) is 0 Å². The molecule has 0 spiro atoms. The van der Waals surface area contributed by atoms with Gasteiger partial charge >= 0.3 is 0 Å². The van der Waals surface area contributed by atoms with E-state index in [-0.39, 0.29) is 56.6 Å². The van der Waals surface area contributed by atoms with Crippen molar-refractivity contribution in [2.75, 3.05) is 53.1 Å². The van der Waals surface area contributed by atoms with Gasteiger partial charge in [0, 0.05) is 45.9 Å². The maximum Gasteiger partial charge on any atom is 0.245 e. The molecule has 22 heteroatoms. The molecule has 0 saturated heterocycles. The Balaban J connectivity index is 5.55. The van der Waals surface area contributed by atoms with Crippen molar-refractivity contribution in [1.82, 2.24) is 26.6 Å². The van der Waals surface area contributed by atoms with Crippen molar-refractivity contribution in [2.45, 2.75) is 134 Å². The second kappa shape index (κ2) is 28.9. The molecule has 14 N–H and O–H groups in total. The third-order valence-corrected chi connectivity index (χ3v) is 8.50. The number of amides is 5. The van der Waals surface area contributed by atoms with Gasteiger partial charge in [0.15, 0.2) is 0 Å². The summed E-state index contributed by atoms with van der Waals surface area (Å²) in [6.07, 6.45) is -15.8. The van der Waals surface area contributed by atoms with E-state index in [0.29, 0.717) is 6.61 Å². The quantitative estimate of drug-likeness (QED) is 0.0289. The number of rotatable bonds is 31. The summed E-state index contributed by atoms with van der Waals surface area (Å²) in [5.74, 6) is -4.51. The third kappa shape index (κ3) is 23.2. The zero-order chi connectivity index (χ0) is 45.3. The Labute approximate surface area is 339 Å². The van der Waals surface area contributed by atoms with Crippen molar-refractivity contribution in [2.24, 2.45) is 5.41 Å². The first-order valence-corrected chi connectivity index (χ1v) is 19.0. The summed E-state index contributed by atoms with van der Waals surface area (Å²) < 4.78 is 17.7. The molecule has 0 aliphatic heterocycles. The van der Waals surface area contributed by atoms with Gasteiger partial charge in [0.25, 0.3) is 0 Å². The summed E-state index contributed by atoms with van der Waals surface area (Å²) in [6.45, 7) is 5.19. The summed E-state index contributed by atoms with van der Waals surface area (Å²) >= 11 is 0. The van der Waals surface area contributed by atoms with Crippen LogP contribution in [0.1, 0.15) is 74.0 Å². The molecule has 0 heterocycles. The van der Waals surface area contributed by atoms with Gasteiger partial charge < -0.3 is 82.0 Å². The summed E-state index contributed by atoms with van der Waals surface area (Å²) in [6, 6.07) is -3.14. The van der Waals surface area contributed by atoms with E-state index in [2.05, 4.69) is 26.6 Å². The molecule has 0 aliphatic carbocycles. The lowest BCUT2D eigenvalue weighted by Gasteiger charge is -2.27. The average Bonchev–Trinajstić information content (AvgIpc) is 3.20. The number of carbonyl (C=O) groups is 6. The van der Waals surface area contributed by atoms with Crippen molar-refractivity contribution in [3.63, 3.8) is 0 Å². The van der Waals surface area contributed by atoms with Crippen molar-refractivity contribution in [1.29, 1.82) is 0 Å². The van der Waals surface area contributed by atoms with E-state index in [4.69, 9.17) is 16.0 Å². The van der Waals surface area contributed by atoms with Crippen LogP contribution in [0.3, 0.4) is 0 Å². The maximum atomic E-state index is 13.4. The van der Waals surface area contributed by atoms with Crippen LogP contribution < -0.4 is 26.6 Å². The van der Waals surface area contributed by atoms with Crippen LogP contribution in [0.25, 0.3) is 0 Å². The summed E-state index contributed by atoms with van der Waals surface area (Å²) in [5.41, 5.74) is -0.0630. The smallest absolute Gasteiger partial charge is 0.245 e. The first-order chi connectivity index (χ1) is 27.6. The molecule has 338 valence electrons. The lowest BCUT2D eigenvalue weighted by molar-refractivity contribution is -0.134. The van der Waals surface area contributed by atoms with E-state index in [9.17, 15) is 69.6 Å². The van der Waals surface area contributed by atoms with Gasteiger partial charge in [-0.1, -0.05) is 27.7 Å². The molecule has 0 aromatic carbocycles. The van der Waals surface area contributed by atoms with Crippen LogP contribution in [0.5, 0.6) is 0 Å². The lowest BCUT2D eigenvalue weighted by Crippen LogP contribution is -2.57. The number of ether oxygens (including phenoxy) is 2. The van der Waals surface area contributed by atoms with Gasteiger partial charge in [0.2, 0.25) is 29.5 Å². The Morgan fingerprint density at radius 2 is 1.24 bits per heavy atom. The fourth-order valence-corrected chi connectivity index (χ4v) is 4.92. The Morgan fingerprint density at radius 3 is 1.84 bits per heavy atom. The standard InChI is InChI=1S/C36H67N5O17/c1-6-23(44)30(51)31(52)24(45)10-8-20(43)7-9-21(34(55)39-15-25(46)32(53)33(54)26(47)17-42)41-35(56)22(18-57-5)40-29(50)16-38-27(48)11-13-37-28(49)12-14-58-19-36(2,3)4/h21-26,30-33,42,44-47,51-54H,6-19H2,1-5H3,(H,37,49)(H,38,48)(H,39,55)(H,40,50)(H,41,56)/t21?,22?,23-,24+,25+,26-,30+,31-,32-,33+/m1/s1/i5D. The molecule has 0 fully saturated rings. The van der Waals surface area contributed by atoms with Crippen LogP contribution in [-0.2, 0) is 38.2 Å². The number of carbonyl (C=O) groups excluding carboxylic acids is 6. The van der Waals surface area contributed by atoms with Crippen molar-refractivity contribution >= 4 is 35.3 Å². The predicted octanol–water partition coefficient (Wildman–Crippen LogP) is -5.79. The van der Waals surface area contributed by atoms with E-state index in [1.807, 2.05) is 20.8 Å². The highest BCUT2D eigenvalue weighted by atomic mass is 16.5. The van der Waals surface area contributed by atoms with Crippen molar-refractivity contribution in [3.05, 3.63) is 0 Å². The minimum atomic E-state index is -2.05. The number of hydrogen-bond acceptors (Lipinski definition) is 17. The zero-order valence-electron chi connectivity index (χ0n) is 34.7. The maximum absolute atomic E-state index is 13.4. The minimum Gasteiger partial charge on any atom is -0.394 e. The van der Waals surface area contributed by atoms with Gasteiger partial charge in [0.1, 0.15) is 48.4 Å². The molecule has 10 atom stereocenters. The lowest BCUT2D eigenvalue weighted by atomic mass is 9.96. The van der Waals surface area contributed by atoms with Crippen LogP contribution in [0.15, 0.2) is 0 Å². The second-order valence-electron chi connectivity index (χ2n) is 15.0. The number of hydrogen-bond donors (Lipinski definition) is 14. The van der Waals surface area contributed by atoms with Gasteiger partial charge in [-0.15, -0.1) is 0 Å². The monoisotopic (exact) mass is 842 g/mol.